The van der Waals surface area contributed by atoms with Crippen LogP contribution in [0.25, 0.3) is 16.9 Å². The van der Waals surface area contributed by atoms with E-state index in [-0.39, 0.29) is 17.3 Å². The minimum absolute atomic E-state index is 0.0234. The van der Waals surface area contributed by atoms with Gasteiger partial charge in [0.15, 0.2) is 5.69 Å². The van der Waals surface area contributed by atoms with Crippen molar-refractivity contribution in [2.24, 2.45) is 0 Å². The fourth-order valence-corrected chi connectivity index (χ4v) is 7.69. The monoisotopic (exact) mass is 550 g/mol. The third-order valence-corrected chi connectivity index (χ3v) is 10.0. The Balaban J connectivity index is 1.30. The van der Waals surface area contributed by atoms with Crippen LogP contribution in [0, 0.1) is 6.92 Å². The summed E-state index contributed by atoms with van der Waals surface area (Å²) in [6.45, 7) is 7.73. The van der Waals surface area contributed by atoms with Crippen LogP contribution < -0.4 is 0 Å². The van der Waals surface area contributed by atoms with Crippen molar-refractivity contribution in [3.63, 3.8) is 0 Å². The van der Waals surface area contributed by atoms with Crippen LogP contribution in [0.5, 0.6) is 0 Å². The van der Waals surface area contributed by atoms with Gasteiger partial charge in [0.1, 0.15) is 0 Å². The first-order chi connectivity index (χ1) is 18.8. The van der Waals surface area contributed by atoms with Crippen molar-refractivity contribution in [1.82, 2.24) is 19.6 Å². The molecule has 0 bridgehead atoms. The second-order valence-corrected chi connectivity index (χ2v) is 13.3. The highest BCUT2D eigenvalue weighted by molar-refractivity contribution is 8.23. The molecule has 3 aromatic rings. The number of aryl methyl sites for hydroxylation is 1. The van der Waals surface area contributed by atoms with Crippen molar-refractivity contribution in [1.29, 1.82) is 0 Å². The fraction of sp³-hybridized carbons (Fsp3) is 0.448. The average molecular weight is 551 g/mol. The van der Waals surface area contributed by atoms with Crippen molar-refractivity contribution < 1.29 is 23.4 Å². The highest BCUT2D eigenvalue weighted by Gasteiger charge is 2.49. The summed E-state index contributed by atoms with van der Waals surface area (Å²) in [5.74, 6) is -0.195. The maximum absolute atomic E-state index is 13.9. The molecule has 1 saturated carbocycles. The molecule has 0 radical (unpaired) electrons. The van der Waals surface area contributed by atoms with Crippen molar-refractivity contribution in [2.75, 3.05) is 46.0 Å². The zero-order valence-corrected chi connectivity index (χ0v) is 23.0. The summed E-state index contributed by atoms with van der Waals surface area (Å²) in [5.41, 5.74) is 5.15. The van der Waals surface area contributed by atoms with Crippen LogP contribution in [0.3, 0.4) is 0 Å². The van der Waals surface area contributed by atoms with Crippen molar-refractivity contribution in [2.45, 2.75) is 42.6 Å². The Morgan fingerprint density at radius 2 is 1.82 bits per heavy atom. The number of hydrogen-bond acceptors (Lipinski definition) is 7. The van der Waals surface area contributed by atoms with E-state index in [2.05, 4.69) is 17.0 Å². The van der Waals surface area contributed by atoms with Crippen LogP contribution in [0.1, 0.15) is 40.0 Å². The van der Waals surface area contributed by atoms with Crippen LogP contribution >= 0.6 is 10.6 Å². The van der Waals surface area contributed by atoms with Gasteiger partial charge in [-0.2, -0.15) is 15.7 Å². The molecular weight excluding hydrogens is 516 g/mol. The van der Waals surface area contributed by atoms with Crippen molar-refractivity contribution in [3.05, 3.63) is 64.8 Å². The average Bonchev–Trinajstić information content (AvgIpc) is 3.57. The fourth-order valence-electron chi connectivity index (χ4n) is 5.97. The molecule has 4 heterocycles. The van der Waals surface area contributed by atoms with E-state index in [1.165, 1.54) is 5.56 Å². The third kappa shape index (κ3) is 4.59. The van der Waals surface area contributed by atoms with Gasteiger partial charge in [0, 0.05) is 37.3 Å². The zero-order chi connectivity index (χ0) is 26.8. The molecule has 2 saturated heterocycles. The van der Waals surface area contributed by atoms with E-state index in [1.54, 1.807) is 0 Å². The first-order valence-corrected chi connectivity index (χ1v) is 15.4. The Kier molecular flexibility index (Phi) is 6.11. The summed E-state index contributed by atoms with van der Waals surface area (Å²) in [5, 5.41) is 4.89. The summed E-state index contributed by atoms with van der Waals surface area (Å²) in [4.78, 5) is 18.6. The molecule has 1 amide bonds. The number of aromatic nitrogens is 2. The summed E-state index contributed by atoms with van der Waals surface area (Å²) >= 11 is 0. The zero-order valence-electron chi connectivity index (χ0n) is 22.1. The largest absolute Gasteiger partial charge is 0.379 e. The predicted molar refractivity (Wildman–Crippen MR) is 148 cm³/mol. The van der Waals surface area contributed by atoms with Gasteiger partial charge in [-0.05, 0) is 49.1 Å². The molecule has 1 aliphatic carbocycles. The molecule has 7 rings (SSSR count). The second kappa shape index (κ2) is 9.43. The van der Waals surface area contributed by atoms with Gasteiger partial charge in [-0.1, -0.05) is 24.3 Å². The maximum atomic E-state index is 13.9. The Morgan fingerprint density at radius 3 is 2.56 bits per heavy atom. The SMILES string of the molecule is Cc1ccc2c(c1)S(O)(O)Cc1c(C(=O)N3CCOC4(CC4)C3)nn(-c3ccc(CN4CCOCC4)cc3)c1-2. The molecule has 0 unspecified atom stereocenters. The number of morpholine rings is 2. The minimum Gasteiger partial charge on any atom is -0.379 e. The van der Waals surface area contributed by atoms with Gasteiger partial charge in [-0.25, -0.2) is 4.68 Å². The topological polar surface area (TPSA) is 100 Å². The first kappa shape index (κ1) is 25.3. The molecule has 3 aliphatic heterocycles. The van der Waals surface area contributed by atoms with Gasteiger partial charge in [-0.3, -0.25) is 18.8 Å². The van der Waals surface area contributed by atoms with Gasteiger partial charge in [-0.15, -0.1) is 0 Å². The molecule has 0 atom stereocenters. The quantitative estimate of drug-likeness (QED) is 0.499. The Morgan fingerprint density at radius 1 is 1.05 bits per heavy atom. The van der Waals surface area contributed by atoms with E-state index >= 15 is 0 Å². The molecule has 2 aromatic carbocycles. The Hall–Kier alpha value is -2.73. The van der Waals surface area contributed by atoms with E-state index in [9.17, 15) is 13.9 Å². The molecule has 1 spiro atoms. The van der Waals surface area contributed by atoms with E-state index in [4.69, 9.17) is 14.6 Å². The summed E-state index contributed by atoms with van der Waals surface area (Å²) in [7, 11) is -3.13. The van der Waals surface area contributed by atoms with Crippen LogP contribution in [-0.2, 0) is 21.8 Å². The van der Waals surface area contributed by atoms with Gasteiger partial charge in [0.05, 0.1) is 54.0 Å². The number of hydrogen-bond donors (Lipinski definition) is 2. The van der Waals surface area contributed by atoms with Crippen LogP contribution in [-0.4, -0.2) is 86.2 Å². The summed E-state index contributed by atoms with van der Waals surface area (Å²) < 4.78 is 35.7. The van der Waals surface area contributed by atoms with E-state index in [1.807, 2.05) is 46.8 Å². The minimum atomic E-state index is -3.13. The normalized spacial score (nSPS) is 22.3. The molecule has 4 aliphatic rings. The Bertz CT molecular complexity index is 1430. The smallest absolute Gasteiger partial charge is 0.274 e. The molecule has 206 valence electrons. The lowest BCUT2D eigenvalue weighted by atomic mass is 10.0. The van der Waals surface area contributed by atoms with Crippen LogP contribution in [0.4, 0.5) is 0 Å². The molecular formula is C29H34N4O5S. The first-order valence-electron chi connectivity index (χ1n) is 13.6. The Labute approximate surface area is 229 Å². The number of carbonyl (C=O) groups is 1. The summed E-state index contributed by atoms with van der Waals surface area (Å²) in [6.07, 6.45) is 1.93. The number of amides is 1. The molecule has 3 fully saturated rings. The standard InChI is InChI=1S/C29H34N4O5S/c1-20-2-7-23-25(16-20)39(35,36)18-24-26(28(34)32-12-15-38-29(19-32)8-9-29)30-33(27(23)24)22-5-3-21(4-6-22)17-31-10-13-37-14-11-31/h2-7,16,35-36H,8-15,17-19H2,1H3. The highest BCUT2D eigenvalue weighted by Crippen LogP contribution is 2.60. The van der Waals surface area contributed by atoms with Gasteiger partial charge >= 0.3 is 0 Å². The molecule has 39 heavy (non-hydrogen) atoms. The van der Waals surface area contributed by atoms with Gasteiger partial charge in [0.25, 0.3) is 5.91 Å². The molecule has 2 N–H and O–H groups in total. The second-order valence-electron chi connectivity index (χ2n) is 11.2. The molecule has 10 heteroatoms. The maximum Gasteiger partial charge on any atom is 0.274 e. The number of carbonyl (C=O) groups excluding carboxylic acids is 1. The predicted octanol–water partition coefficient (Wildman–Crippen LogP) is 4.31. The number of rotatable bonds is 4. The highest BCUT2D eigenvalue weighted by atomic mass is 32.3. The summed E-state index contributed by atoms with van der Waals surface area (Å²) in [6, 6.07) is 14.0. The van der Waals surface area contributed by atoms with Crippen molar-refractivity contribution >= 4 is 16.5 Å². The number of nitrogens with zero attached hydrogens (tertiary/aromatic N) is 4. The molecule has 9 nitrogen and oxygen atoms in total. The van der Waals surface area contributed by atoms with E-state index < -0.39 is 10.6 Å². The lowest BCUT2D eigenvalue weighted by Crippen LogP contribution is -2.47. The number of fused-ring (bicyclic) bond motifs is 3. The third-order valence-electron chi connectivity index (χ3n) is 8.31. The van der Waals surface area contributed by atoms with Crippen LogP contribution in [0.15, 0.2) is 47.4 Å². The number of benzene rings is 2. The lowest BCUT2D eigenvalue weighted by Gasteiger charge is -2.38. The van der Waals surface area contributed by atoms with Crippen LogP contribution in [0.2, 0.25) is 0 Å². The van der Waals surface area contributed by atoms with Gasteiger partial charge in [0.2, 0.25) is 0 Å². The number of ether oxygens (including phenoxy) is 2. The lowest BCUT2D eigenvalue weighted by molar-refractivity contribution is -0.0378. The van der Waals surface area contributed by atoms with E-state index in [0.29, 0.717) is 41.4 Å². The van der Waals surface area contributed by atoms with Gasteiger partial charge < -0.3 is 14.4 Å². The van der Waals surface area contributed by atoms with Crippen molar-refractivity contribution in [3.8, 4) is 16.9 Å². The van der Waals surface area contributed by atoms with E-state index in [0.717, 1.165) is 62.6 Å². The molecule has 1 aromatic heterocycles.